The number of nitrogens with zero attached hydrogens (tertiary/aromatic N) is 1. The summed E-state index contributed by atoms with van der Waals surface area (Å²) in [5.41, 5.74) is 12.8. The summed E-state index contributed by atoms with van der Waals surface area (Å²) < 4.78 is 0. The van der Waals surface area contributed by atoms with Gasteiger partial charge in [0.15, 0.2) is 0 Å². The molecule has 0 radical (unpaired) electrons. The van der Waals surface area contributed by atoms with Gasteiger partial charge < -0.3 is 21.8 Å². The monoisotopic (exact) mass is 385 g/mol. The molecule has 7 N–H and O–H groups in total. The molecule has 0 saturated heterocycles. The van der Waals surface area contributed by atoms with E-state index in [9.17, 15) is 4.79 Å². The molecule has 1 fully saturated rings. The fraction of sp³-hybridized carbons (Fsp3) is 0.588. The Hall–Kier alpha value is -1.28. The average molecular weight is 386 g/mol. The Balaban J connectivity index is 2.01. The van der Waals surface area contributed by atoms with Crippen molar-refractivity contribution in [1.82, 2.24) is 10.3 Å². The van der Waals surface area contributed by atoms with Gasteiger partial charge in [0.05, 0.1) is 10.6 Å². The van der Waals surface area contributed by atoms with Crippen LogP contribution in [0.1, 0.15) is 53.8 Å². The Morgan fingerprint density at radius 3 is 2.68 bits per heavy atom. The number of nitrogens with two attached hydrogens (primary N) is 3. The number of thiophene rings is 1. The van der Waals surface area contributed by atoms with Gasteiger partial charge in [0.25, 0.3) is 5.91 Å². The van der Waals surface area contributed by atoms with Gasteiger partial charge in [-0.15, -0.1) is 11.3 Å². The first kappa shape index (κ1) is 20.0. The van der Waals surface area contributed by atoms with Gasteiger partial charge in [-0.2, -0.15) is 0 Å². The summed E-state index contributed by atoms with van der Waals surface area (Å²) in [6.45, 7) is 0.450. The van der Waals surface area contributed by atoms with Crippen LogP contribution in [0.15, 0.2) is 16.6 Å². The van der Waals surface area contributed by atoms with E-state index in [1.807, 2.05) is 5.38 Å². The molecule has 8 heteroatoms. The molecule has 0 aromatic carbocycles. The van der Waals surface area contributed by atoms with Crippen LogP contribution in [0.25, 0.3) is 5.70 Å². The fourth-order valence-electron chi connectivity index (χ4n) is 3.39. The van der Waals surface area contributed by atoms with Crippen molar-refractivity contribution in [3.8, 4) is 0 Å². The molecule has 1 unspecified atom stereocenters. The van der Waals surface area contributed by atoms with Crippen LogP contribution in [0.3, 0.4) is 0 Å². The zero-order valence-corrected chi connectivity index (χ0v) is 16.2. The minimum atomic E-state index is -0.116. The third kappa shape index (κ3) is 5.60. The van der Waals surface area contributed by atoms with Gasteiger partial charge in [-0.3, -0.25) is 4.79 Å². The fourth-order valence-corrected chi connectivity index (χ4v) is 4.42. The second-order valence-corrected chi connectivity index (χ2v) is 7.97. The molecular formula is C17H28ClN5OS. The first-order chi connectivity index (χ1) is 11.9. The quantitative estimate of drug-likeness (QED) is 0.327. The van der Waals surface area contributed by atoms with Crippen molar-refractivity contribution in [2.45, 2.75) is 44.6 Å². The summed E-state index contributed by atoms with van der Waals surface area (Å²) in [5, 5.41) is 6.32. The van der Waals surface area contributed by atoms with E-state index in [0.29, 0.717) is 23.0 Å². The number of carbonyl (C=O) groups is 1. The maximum Gasteiger partial charge on any atom is 0.261 e. The largest absolute Gasteiger partial charge is 0.388 e. The highest BCUT2D eigenvalue weighted by atomic mass is 35.5. The van der Waals surface area contributed by atoms with Gasteiger partial charge in [-0.1, -0.05) is 43.7 Å². The standard InChI is InChI=1S/C17H28ClN5OS/c1-23(21)15(16(18)20)12-8-14(25-10-12)17(24)22-13(9-19)7-11-5-3-2-4-6-11/h8,10-11,13H,2-7,9,19-21H2,1H3,(H,22,24)/b16-15-. The number of carbonyl (C=O) groups excluding carboxylic acids is 1. The van der Waals surface area contributed by atoms with Crippen LogP contribution in [0, 0.1) is 5.92 Å². The predicted molar refractivity (Wildman–Crippen MR) is 105 cm³/mol. The van der Waals surface area contributed by atoms with Crippen LogP contribution in [0.2, 0.25) is 0 Å². The van der Waals surface area contributed by atoms with Gasteiger partial charge in [-0.25, -0.2) is 5.84 Å². The molecule has 1 aromatic rings. The third-order valence-electron chi connectivity index (χ3n) is 4.64. The minimum Gasteiger partial charge on any atom is -0.388 e. The Labute approximate surface area is 158 Å². The Bertz CT molecular complexity index is 606. The van der Waals surface area contributed by atoms with E-state index in [1.165, 1.54) is 48.4 Å². The molecule has 1 amide bonds. The molecule has 140 valence electrons. The second-order valence-electron chi connectivity index (χ2n) is 6.65. The van der Waals surface area contributed by atoms with E-state index in [4.69, 9.17) is 28.9 Å². The predicted octanol–water partition coefficient (Wildman–Crippen LogP) is 2.40. The summed E-state index contributed by atoms with van der Waals surface area (Å²) in [7, 11) is 1.65. The molecule has 6 nitrogen and oxygen atoms in total. The number of rotatable bonds is 7. The van der Waals surface area contributed by atoms with E-state index in [0.717, 1.165) is 12.0 Å². The van der Waals surface area contributed by atoms with Gasteiger partial charge in [0.1, 0.15) is 5.16 Å². The molecule has 25 heavy (non-hydrogen) atoms. The number of hydrogen-bond donors (Lipinski definition) is 4. The molecule has 1 aliphatic rings. The highest BCUT2D eigenvalue weighted by Gasteiger charge is 2.21. The highest BCUT2D eigenvalue weighted by molar-refractivity contribution is 7.12. The highest BCUT2D eigenvalue weighted by Crippen LogP contribution is 2.28. The average Bonchev–Trinajstić information content (AvgIpc) is 3.04. The van der Waals surface area contributed by atoms with Crippen molar-refractivity contribution in [1.29, 1.82) is 0 Å². The molecule has 2 rings (SSSR count). The SMILES string of the molecule is CN(N)/C(=C(\N)Cl)c1csc(C(=O)NC(CN)CC2CCCCC2)c1. The lowest BCUT2D eigenvalue weighted by atomic mass is 9.85. The molecule has 1 heterocycles. The molecular weight excluding hydrogens is 358 g/mol. The number of hydrogen-bond acceptors (Lipinski definition) is 6. The zero-order chi connectivity index (χ0) is 18.4. The van der Waals surface area contributed by atoms with Crippen LogP contribution in [-0.4, -0.2) is 30.6 Å². The second kappa shape index (κ2) is 9.43. The Kier molecular flexibility index (Phi) is 7.56. The topological polar surface area (TPSA) is 110 Å². The van der Waals surface area contributed by atoms with Crippen LogP contribution in [0.4, 0.5) is 0 Å². The normalized spacial score (nSPS) is 17.8. The van der Waals surface area contributed by atoms with E-state index >= 15 is 0 Å². The van der Waals surface area contributed by atoms with Crippen molar-refractivity contribution in [3.63, 3.8) is 0 Å². The van der Waals surface area contributed by atoms with E-state index in [1.54, 1.807) is 13.1 Å². The maximum absolute atomic E-state index is 12.5. The van der Waals surface area contributed by atoms with E-state index < -0.39 is 0 Å². The zero-order valence-electron chi connectivity index (χ0n) is 14.6. The number of hydrazine groups is 1. The smallest absolute Gasteiger partial charge is 0.261 e. The molecule has 1 saturated carbocycles. The summed E-state index contributed by atoms with van der Waals surface area (Å²) in [6.07, 6.45) is 7.32. The lowest BCUT2D eigenvalue weighted by Gasteiger charge is -2.26. The Morgan fingerprint density at radius 2 is 2.12 bits per heavy atom. The summed E-state index contributed by atoms with van der Waals surface area (Å²) in [6, 6.07) is 1.76. The number of amides is 1. The molecule has 0 aliphatic heterocycles. The first-order valence-corrected chi connectivity index (χ1v) is 9.91. The van der Waals surface area contributed by atoms with Gasteiger partial charge >= 0.3 is 0 Å². The number of halogens is 1. The van der Waals surface area contributed by atoms with E-state index in [-0.39, 0.29) is 17.1 Å². The van der Waals surface area contributed by atoms with E-state index in [2.05, 4.69) is 5.32 Å². The summed E-state index contributed by atoms with van der Waals surface area (Å²) in [4.78, 5) is 13.1. The van der Waals surface area contributed by atoms with Crippen molar-refractivity contribution >= 4 is 34.5 Å². The maximum atomic E-state index is 12.5. The van der Waals surface area contributed by atoms with Gasteiger partial charge in [-0.05, 0) is 18.4 Å². The van der Waals surface area contributed by atoms with Crippen LogP contribution >= 0.6 is 22.9 Å². The first-order valence-electron chi connectivity index (χ1n) is 8.65. The van der Waals surface area contributed by atoms with Crippen LogP contribution in [-0.2, 0) is 0 Å². The van der Waals surface area contributed by atoms with Crippen molar-refractivity contribution in [2.24, 2.45) is 23.2 Å². The molecule has 1 aromatic heterocycles. The van der Waals surface area contributed by atoms with Gasteiger partial charge in [0.2, 0.25) is 0 Å². The van der Waals surface area contributed by atoms with Crippen LogP contribution < -0.4 is 22.6 Å². The number of nitrogens with one attached hydrogen (secondary N) is 1. The summed E-state index contributed by atoms with van der Waals surface area (Å²) in [5.74, 6) is 6.31. The van der Waals surface area contributed by atoms with Crippen molar-refractivity contribution in [2.75, 3.05) is 13.6 Å². The third-order valence-corrected chi connectivity index (χ3v) is 5.75. The molecule has 0 bridgehead atoms. The van der Waals surface area contributed by atoms with Crippen molar-refractivity contribution < 1.29 is 4.79 Å². The van der Waals surface area contributed by atoms with Crippen molar-refractivity contribution in [3.05, 3.63) is 27.0 Å². The van der Waals surface area contributed by atoms with Crippen LogP contribution in [0.5, 0.6) is 0 Å². The summed E-state index contributed by atoms with van der Waals surface area (Å²) >= 11 is 7.24. The minimum absolute atomic E-state index is 0.00596. The molecule has 1 aliphatic carbocycles. The Morgan fingerprint density at radius 1 is 1.44 bits per heavy atom. The lowest BCUT2D eigenvalue weighted by Crippen LogP contribution is -2.41. The molecule has 0 spiro atoms. The van der Waals surface area contributed by atoms with Gasteiger partial charge in [0, 0.05) is 30.6 Å². The lowest BCUT2D eigenvalue weighted by molar-refractivity contribution is 0.0934. The molecule has 1 atom stereocenters.